The molecule has 2 heterocycles. The van der Waals surface area contributed by atoms with Crippen LogP contribution in [-0.4, -0.2) is 28.6 Å². The zero-order valence-electron chi connectivity index (χ0n) is 11.4. The number of halogens is 1. The molecule has 1 atom stereocenters. The summed E-state index contributed by atoms with van der Waals surface area (Å²) in [6, 6.07) is 7.94. The summed E-state index contributed by atoms with van der Waals surface area (Å²) in [7, 11) is 0. The Morgan fingerprint density at radius 1 is 1.55 bits per heavy atom. The van der Waals surface area contributed by atoms with Gasteiger partial charge in [0.25, 0.3) is 0 Å². The molecule has 0 radical (unpaired) electrons. The van der Waals surface area contributed by atoms with E-state index < -0.39 is 0 Å². The summed E-state index contributed by atoms with van der Waals surface area (Å²) < 4.78 is 7.80. The standard InChI is InChI=1S/C15H16ClN3O/c1-15(6-8-20-10-15)19-12-4-2-3-11(9-17)14(12)18-13(19)5-7-16/h2-4H,5-8,10H2,1H3. The number of aryl methyl sites for hydroxylation is 1. The zero-order valence-corrected chi connectivity index (χ0v) is 12.2. The van der Waals surface area contributed by atoms with Gasteiger partial charge >= 0.3 is 0 Å². The molecule has 1 fully saturated rings. The second-order valence-electron chi connectivity index (χ2n) is 5.39. The van der Waals surface area contributed by atoms with Crippen LogP contribution in [0.2, 0.25) is 0 Å². The summed E-state index contributed by atoms with van der Waals surface area (Å²) in [6.07, 6.45) is 1.64. The van der Waals surface area contributed by atoms with Crippen LogP contribution >= 0.6 is 11.6 Å². The fraction of sp³-hybridized carbons (Fsp3) is 0.467. The van der Waals surface area contributed by atoms with Crippen LogP contribution in [-0.2, 0) is 16.7 Å². The Morgan fingerprint density at radius 2 is 2.40 bits per heavy atom. The van der Waals surface area contributed by atoms with Crippen molar-refractivity contribution in [2.45, 2.75) is 25.3 Å². The minimum atomic E-state index is -0.107. The van der Waals surface area contributed by atoms with Gasteiger partial charge < -0.3 is 9.30 Å². The molecule has 1 aromatic carbocycles. The summed E-state index contributed by atoms with van der Waals surface area (Å²) >= 11 is 5.91. The van der Waals surface area contributed by atoms with E-state index in [0.29, 0.717) is 24.5 Å². The smallest absolute Gasteiger partial charge is 0.111 e. The van der Waals surface area contributed by atoms with Crippen LogP contribution in [0.4, 0.5) is 0 Å². The first kappa shape index (κ1) is 13.4. The van der Waals surface area contributed by atoms with Crippen molar-refractivity contribution in [2.75, 3.05) is 19.1 Å². The van der Waals surface area contributed by atoms with Gasteiger partial charge in [-0.05, 0) is 25.5 Å². The highest BCUT2D eigenvalue weighted by molar-refractivity contribution is 6.17. The van der Waals surface area contributed by atoms with Crippen molar-refractivity contribution in [3.05, 3.63) is 29.6 Å². The highest BCUT2D eigenvalue weighted by Gasteiger charge is 2.35. The van der Waals surface area contributed by atoms with E-state index in [2.05, 4.69) is 22.5 Å². The first-order chi connectivity index (χ1) is 9.69. The van der Waals surface area contributed by atoms with Gasteiger partial charge in [0.15, 0.2) is 0 Å². The lowest BCUT2D eigenvalue weighted by atomic mass is 10.0. The number of hydrogen-bond donors (Lipinski definition) is 0. The van der Waals surface area contributed by atoms with Crippen LogP contribution in [0.25, 0.3) is 11.0 Å². The monoisotopic (exact) mass is 289 g/mol. The third-order valence-corrected chi connectivity index (χ3v) is 4.12. The number of nitrogens with zero attached hydrogens (tertiary/aromatic N) is 3. The molecular weight excluding hydrogens is 274 g/mol. The summed E-state index contributed by atoms with van der Waals surface area (Å²) in [5.74, 6) is 1.45. The summed E-state index contributed by atoms with van der Waals surface area (Å²) in [5, 5.41) is 9.25. The fourth-order valence-electron chi connectivity index (χ4n) is 2.92. The maximum Gasteiger partial charge on any atom is 0.111 e. The molecule has 0 spiro atoms. The number of benzene rings is 1. The second-order valence-corrected chi connectivity index (χ2v) is 5.77. The molecule has 1 aliphatic rings. The van der Waals surface area contributed by atoms with E-state index in [0.717, 1.165) is 29.9 Å². The number of para-hydroxylation sites is 1. The molecule has 0 amide bonds. The van der Waals surface area contributed by atoms with Gasteiger partial charge in [-0.25, -0.2) is 4.98 Å². The molecule has 1 saturated heterocycles. The highest BCUT2D eigenvalue weighted by atomic mass is 35.5. The molecule has 0 bridgehead atoms. The van der Waals surface area contributed by atoms with Crippen LogP contribution in [0.1, 0.15) is 24.7 Å². The third kappa shape index (κ3) is 1.98. The van der Waals surface area contributed by atoms with E-state index in [4.69, 9.17) is 16.3 Å². The first-order valence-electron chi connectivity index (χ1n) is 6.74. The molecule has 2 aromatic rings. The van der Waals surface area contributed by atoms with Gasteiger partial charge in [0.1, 0.15) is 17.4 Å². The lowest BCUT2D eigenvalue weighted by Crippen LogP contribution is -2.32. The van der Waals surface area contributed by atoms with Gasteiger partial charge in [0.2, 0.25) is 0 Å². The minimum Gasteiger partial charge on any atom is -0.379 e. The average molecular weight is 290 g/mol. The van der Waals surface area contributed by atoms with Crippen molar-refractivity contribution >= 4 is 22.6 Å². The SMILES string of the molecule is CC1(n2c(CCCl)nc3c(C#N)cccc32)CCOC1. The molecule has 20 heavy (non-hydrogen) atoms. The number of nitriles is 1. The van der Waals surface area contributed by atoms with Crippen molar-refractivity contribution in [3.8, 4) is 6.07 Å². The summed E-state index contributed by atoms with van der Waals surface area (Å²) in [6.45, 7) is 3.61. The van der Waals surface area contributed by atoms with E-state index >= 15 is 0 Å². The van der Waals surface area contributed by atoms with Crippen LogP contribution in [0, 0.1) is 11.3 Å². The van der Waals surface area contributed by atoms with Crippen LogP contribution in [0.15, 0.2) is 18.2 Å². The van der Waals surface area contributed by atoms with E-state index in [9.17, 15) is 5.26 Å². The van der Waals surface area contributed by atoms with E-state index in [1.807, 2.05) is 12.1 Å². The average Bonchev–Trinajstić information content (AvgIpc) is 3.03. The Morgan fingerprint density at radius 3 is 3.05 bits per heavy atom. The van der Waals surface area contributed by atoms with Crippen LogP contribution < -0.4 is 0 Å². The number of fused-ring (bicyclic) bond motifs is 1. The lowest BCUT2D eigenvalue weighted by Gasteiger charge is -2.27. The molecular formula is C15H16ClN3O. The molecule has 104 valence electrons. The van der Waals surface area contributed by atoms with Crippen molar-refractivity contribution in [1.29, 1.82) is 5.26 Å². The number of alkyl halides is 1. The van der Waals surface area contributed by atoms with Crippen molar-refractivity contribution in [1.82, 2.24) is 9.55 Å². The molecule has 0 aliphatic carbocycles. The lowest BCUT2D eigenvalue weighted by molar-refractivity contribution is 0.162. The zero-order chi connectivity index (χ0) is 14.2. The first-order valence-corrected chi connectivity index (χ1v) is 7.28. The number of rotatable bonds is 3. The summed E-state index contributed by atoms with van der Waals surface area (Å²) in [5.41, 5.74) is 2.27. The third-order valence-electron chi connectivity index (χ3n) is 3.93. The Balaban J connectivity index is 2.28. The highest BCUT2D eigenvalue weighted by Crippen LogP contribution is 2.33. The largest absolute Gasteiger partial charge is 0.379 e. The predicted molar refractivity (Wildman–Crippen MR) is 78.0 cm³/mol. The minimum absolute atomic E-state index is 0.107. The Labute approximate surface area is 122 Å². The maximum atomic E-state index is 9.25. The molecule has 0 saturated carbocycles. The van der Waals surface area contributed by atoms with Gasteiger partial charge in [0.05, 0.1) is 23.2 Å². The predicted octanol–water partition coefficient (Wildman–Crippen LogP) is 2.82. The molecule has 3 rings (SSSR count). The number of imidazole rings is 1. The van der Waals surface area contributed by atoms with E-state index in [1.54, 1.807) is 6.07 Å². The van der Waals surface area contributed by atoms with Crippen molar-refractivity contribution in [2.24, 2.45) is 0 Å². The number of aromatic nitrogens is 2. The molecule has 4 nitrogen and oxygen atoms in total. The van der Waals surface area contributed by atoms with Crippen molar-refractivity contribution in [3.63, 3.8) is 0 Å². The van der Waals surface area contributed by atoms with Gasteiger partial charge in [-0.3, -0.25) is 0 Å². The van der Waals surface area contributed by atoms with E-state index in [1.165, 1.54) is 0 Å². The Hall–Kier alpha value is -1.57. The normalized spacial score (nSPS) is 22.2. The number of hydrogen-bond acceptors (Lipinski definition) is 3. The van der Waals surface area contributed by atoms with Crippen LogP contribution in [0.5, 0.6) is 0 Å². The van der Waals surface area contributed by atoms with Gasteiger partial charge in [-0.15, -0.1) is 11.6 Å². The van der Waals surface area contributed by atoms with Crippen LogP contribution in [0.3, 0.4) is 0 Å². The van der Waals surface area contributed by atoms with Crippen molar-refractivity contribution < 1.29 is 4.74 Å². The molecule has 1 aliphatic heterocycles. The maximum absolute atomic E-state index is 9.25. The van der Waals surface area contributed by atoms with Gasteiger partial charge in [0, 0.05) is 18.9 Å². The fourth-order valence-corrected chi connectivity index (χ4v) is 3.09. The van der Waals surface area contributed by atoms with Gasteiger partial charge in [-0.2, -0.15) is 5.26 Å². The van der Waals surface area contributed by atoms with Gasteiger partial charge in [-0.1, -0.05) is 6.07 Å². The molecule has 5 heteroatoms. The molecule has 0 N–H and O–H groups in total. The summed E-state index contributed by atoms with van der Waals surface area (Å²) in [4.78, 5) is 4.66. The quantitative estimate of drug-likeness (QED) is 0.817. The Bertz CT molecular complexity index is 680. The molecule has 1 aromatic heterocycles. The Kier molecular flexibility index (Phi) is 3.41. The molecule has 1 unspecified atom stereocenters. The number of ether oxygens (including phenoxy) is 1. The topological polar surface area (TPSA) is 50.8 Å². The van der Waals surface area contributed by atoms with E-state index in [-0.39, 0.29) is 5.54 Å². The second kappa shape index (κ2) is 5.08.